The Morgan fingerprint density at radius 3 is 2.70 bits per heavy atom. The van der Waals surface area contributed by atoms with Gasteiger partial charge in [-0.05, 0) is 24.0 Å². The number of allylic oxidation sites excluding steroid dienone is 4. The molecule has 2 rings (SSSR count). The quantitative estimate of drug-likeness (QED) is 0.685. The SMILES string of the molecule is COC(=O)C(N)CC1(Cl)C=CC(c2ccccc2)=CC1. The van der Waals surface area contributed by atoms with Crippen LogP contribution in [0.4, 0.5) is 0 Å². The summed E-state index contributed by atoms with van der Waals surface area (Å²) in [7, 11) is 1.33. The monoisotopic (exact) mass is 291 g/mol. The molecule has 1 aromatic carbocycles. The van der Waals surface area contributed by atoms with Crippen LogP contribution in [0.1, 0.15) is 18.4 Å². The first kappa shape index (κ1) is 14.8. The highest BCUT2D eigenvalue weighted by Gasteiger charge is 2.31. The maximum Gasteiger partial charge on any atom is 0.322 e. The number of methoxy groups -OCH3 is 1. The second-order valence-corrected chi connectivity index (χ2v) is 5.68. The fraction of sp³-hybridized carbons (Fsp3) is 0.312. The Morgan fingerprint density at radius 1 is 1.45 bits per heavy atom. The van der Waals surface area contributed by atoms with Crippen LogP contribution in [-0.2, 0) is 9.53 Å². The van der Waals surface area contributed by atoms with Gasteiger partial charge in [0, 0.05) is 0 Å². The van der Waals surface area contributed by atoms with Crippen LogP contribution in [0.15, 0.2) is 48.6 Å². The number of benzene rings is 1. The highest BCUT2D eigenvalue weighted by molar-refractivity contribution is 6.26. The van der Waals surface area contributed by atoms with Crippen molar-refractivity contribution in [1.29, 1.82) is 0 Å². The highest BCUT2D eigenvalue weighted by atomic mass is 35.5. The van der Waals surface area contributed by atoms with Crippen molar-refractivity contribution >= 4 is 23.1 Å². The van der Waals surface area contributed by atoms with Crippen LogP contribution in [0.5, 0.6) is 0 Å². The summed E-state index contributed by atoms with van der Waals surface area (Å²) in [6.45, 7) is 0. The minimum atomic E-state index is -0.700. The fourth-order valence-corrected chi connectivity index (χ4v) is 2.56. The highest BCUT2D eigenvalue weighted by Crippen LogP contribution is 2.34. The van der Waals surface area contributed by atoms with Gasteiger partial charge in [-0.25, -0.2) is 0 Å². The fourth-order valence-electron chi connectivity index (χ4n) is 2.25. The van der Waals surface area contributed by atoms with Gasteiger partial charge in [0.15, 0.2) is 0 Å². The molecular formula is C16H18ClNO2. The summed E-state index contributed by atoms with van der Waals surface area (Å²) < 4.78 is 4.63. The molecule has 1 aliphatic rings. The normalized spacial score (nSPS) is 23.1. The number of halogens is 1. The molecule has 2 atom stereocenters. The topological polar surface area (TPSA) is 52.3 Å². The Hall–Kier alpha value is -1.58. The van der Waals surface area contributed by atoms with Gasteiger partial charge in [0.1, 0.15) is 6.04 Å². The molecule has 0 saturated heterocycles. The van der Waals surface area contributed by atoms with Crippen molar-refractivity contribution in [3.8, 4) is 0 Å². The van der Waals surface area contributed by atoms with Crippen LogP contribution >= 0.6 is 11.6 Å². The molecule has 2 N–H and O–H groups in total. The molecule has 0 saturated carbocycles. The smallest absolute Gasteiger partial charge is 0.322 e. The Bertz CT molecular complexity index is 539. The number of carbonyl (C=O) groups is 1. The number of alkyl halides is 1. The molecule has 0 amide bonds. The zero-order chi connectivity index (χ0) is 14.6. The second-order valence-electron chi connectivity index (χ2n) is 4.93. The lowest BCUT2D eigenvalue weighted by Crippen LogP contribution is -2.38. The van der Waals surface area contributed by atoms with Crippen molar-refractivity contribution in [3.05, 3.63) is 54.1 Å². The third kappa shape index (κ3) is 3.50. The first-order valence-electron chi connectivity index (χ1n) is 6.51. The third-order valence-corrected chi connectivity index (χ3v) is 3.83. The number of ether oxygens (including phenoxy) is 1. The Kier molecular flexibility index (Phi) is 4.63. The lowest BCUT2D eigenvalue weighted by Gasteiger charge is -2.27. The molecule has 0 spiro atoms. The number of esters is 1. The van der Waals surface area contributed by atoms with E-state index in [0.717, 1.165) is 11.1 Å². The minimum absolute atomic E-state index is 0.357. The average molecular weight is 292 g/mol. The first-order valence-corrected chi connectivity index (χ1v) is 6.89. The zero-order valence-electron chi connectivity index (χ0n) is 11.4. The van der Waals surface area contributed by atoms with Gasteiger partial charge in [0.25, 0.3) is 0 Å². The van der Waals surface area contributed by atoms with Gasteiger partial charge in [-0.2, -0.15) is 0 Å². The van der Waals surface area contributed by atoms with Crippen LogP contribution in [0.25, 0.3) is 5.57 Å². The van der Waals surface area contributed by atoms with Gasteiger partial charge in [-0.15, -0.1) is 11.6 Å². The molecule has 4 heteroatoms. The van der Waals surface area contributed by atoms with E-state index in [2.05, 4.69) is 22.9 Å². The number of rotatable bonds is 4. The van der Waals surface area contributed by atoms with Crippen LogP contribution < -0.4 is 5.73 Å². The molecule has 1 aliphatic carbocycles. The molecule has 3 nitrogen and oxygen atoms in total. The largest absolute Gasteiger partial charge is 0.468 e. The molecule has 0 bridgehead atoms. The number of hydrogen-bond donors (Lipinski definition) is 1. The summed E-state index contributed by atoms with van der Waals surface area (Å²) in [5.41, 5.74) is 8.06. The molecule has 0 radical (unpaired) electrons. The summed E-state index contributed by atoms with van der Waals surface area (Å²) in [5, 5.41) is 0. The summed E-state index contributed by atoms with van der Waals surface area (Å²) in [6, 6.07) is 9.39. The van der Waals surface area contributed by atoms with Gasteiger partial charge < -0.3 is 10.5 Å². The molecule has 0 aromatic heterocycles. The molecule has 106 valence electrons. The number of hydrogen-bond acceptors (Lipinski definition) is 3. The maximum absolute atomic E-state index is 11.4. The van der Waals surface area contributed by atoms with E-state index >= 15 is 0 Å². The van der Waals surface area contributed by atoms with E-state index in [1.54, 1.807) is 0 Å². The molecule has 1 aromatic rings. The Morgan fingerprint density at radius 2 is 2.15 bits per heavy atom. The summed E-state index contributed by atoms with van der Waals surface area (Å²) >= 11 is 6.50. The molecule has 0 fully saturated rings. The Labute approximate surface area is 124 Å². The number of nitrogens with two attached hydrogens (primary N) is 1. The third-order valence-electron chi connectivity index (χ3n) is 3.39. The van der Waals surface area contributed by atoms with Crippen molar-refractivity contribution in [3.63, 3.8) is 0 Å². The van der Waals surface area contributed by atoms with Crippen molar-refractivity contribution in [1.82, 2.24) is 0 Å². The van der Waals surface area contributed by atoms with E-state index in [9.17, 15) is 4.79 Å². The van der Waals surface area contributed by atoms with Crippen LogP contribution in [0, 0.1) is 0 Å². The van der Waals surface area contributed by atoms with Gasteiger partial charge in [-0.3, -0.25) is 4.79 Å². The zero-order valence-corrected chi connectivity index (χ0v) is 12.1. The first-order chi connectivity index (χ1) is 9.54. The van der Waals surface area contributed by atoms with E-state index in [4.69, 9.17) is 17.3 Å². The predicted octanol–water partition coefficient (Wildman–Crippen LogP) is 2.90. The Balaban J connectivity index is 2.05. The molecule has 2 unspecified atom stereocenters. The maximum atomic E-state index is 11.4. The van der Waals surface area contributed by atoms with E-state index in [0.29, 0.717) is 12.8 Å². The van der Waals surface area contributed by atoms with Gasteiger partial charge >= 0.3 is 5.97 Å². The van der Waals surface area contributed by atoms with Gasteiger partial charge in [0.2, 0.25) is 0 Å². The van der Waals surface area contributed by atoms with E-state index in [1.165, 1.54) is 7.11 Å². The van der Waals surface area contributed by atoms with E-state index < -0.39 is 16.9 Å². The molecule has 0 heterocycles. The summed E-state index contributed by atoms with van der Waals surface area (Å²) in [4.78, 5) is 10.7. The van der Waals surface area contributed by atoms with Crippen molar-refractivity contribution in [2.75, 3.05) is 7.11 Å². The van der Waals surface area contributed by atoms with E-state index in [-0.39, 0.29) is 0 Å². The standard InChI is InChI=1S/C16H18ClNO2/c1-20-15(19)14(18)11-16(17)9-7-13(8-10-16)12-5-3-2-4-6-12/h2-9,14H,10-11,18H2,1H3. The van der Waals surface area contributed by atoms with Crippen molar-refractivity contribution in [2.24, 2.45) is 5.73 Å². The molecule has 0 aliphatic heterocycles. The lowest BCUT2D eigenvalue weighted by atomic mass is 9.88. The predicted molar refractivity (Wildman–Crippen MR) is 81.4 cm³/mol. The number of carbonyl (C=O) groups excluding carboxylic acids is 1. The van der Waals surface area contributed by atoms with Crippen LogP contribution in [0.3, 0.4) is 0 Å². The van der Waals surface area contributed by atoms with E-state index in [1.807, 2.05) is 30.4 Å². The second kappa shape index (κ2) is 6.25. The minimum Gasteiger partial charge on any atom is -0.468 e. The van der Waals surface area contributed by atoms with Gasteiger partial charge in [0.05, 0.1) is 12.0 Å². The molecule has 20 heavy (non-hydrogen) atoms. The van der Waals surface area contributed by atoms with Crippen molar-refractivity contribution < 1.29 is 9.53 Å². The average Bonchev–Trinajstić information content (AvgIpc) is 2.47. The van der Waals surface area contributed by atoms with Crippen LogP contribution in [0.2, 0.25) is 0 Å². The van der Waals surface area contributed by atoms with Crippen LogP contribution in [-0.4, -0.2) is 24.0 Å². The summed E-state index contributed by atoms with van der Waals surface area (Å²) in [5.74, 6) is -0.434. The lowest BCUT2D eigenvalue weighted by molar-refractivity contribution is -0.142. The van der Waals surface area contributed by atoms with Crippen molar-refractivity contribution in [2.45, 2.75) is 23.8 Å². The van der Waals surface area contributed by atoms with Gasteiger partial charge in [-0.1, -0.05) is 48.6 Å². The summed E-state index contributed by atoms with van der Waals surface area (Å²) in [6.07, 6.45) is 6.97. The molecular weight excluding hydrogens is 274 g/mol.